The molecule has 3 rings (SSSR count). The van der Waals surface area contributed by atoms with Crippen LogP contribution in [0.1, 0.15) is 32.8 Å². The number of hydrogen-bond acceptors (Lipinski definition) is 5. The summed E-state index contributed by atoms with van der Waals surface area (Å²) in [5, 5.41) is 3.27. The number of hydrogen-bond donors (Lipinski definition) is 1. The standard InChI is InChI=1S/C29H34ClN3O5S/c1-5-27(29(35)31-21(2)3)32(19-22-11-15-25(38-4)16-12-22)28(34)20-33(24-9-7-6-8-10-24)39(36,37)26-17-13-23(30)14-18-26/h6-18,21,27H,5,19-20H2,1-4H3,(H,31,35)/t27-/m0/s1. The number of halogens is 1. The van der Waals surface area contributed by atoms with Crippen LogP contribution in [-0.4, -0.2) is 50.9 Å². The van der Waals surface area contributed by atoms with Crippen molar-refractivity contribution in [1.82, 2.24) is 10.2 Å². The van der Waals surface area contributed by atoms with Crippen molar-refractivity contribution in [2.75, 3.05) is 18.0 Å². The van der Waals surface area contributed by atoms with Crippen LogP contribution in [0.25, 0.3) is 0 Å². The van der Waals surface area contributed by atoms with Gasteiger partial charge in [0.05, 0.1) is 17.7 Å². The molecule has 0 unspecified atom stereocenters. The van der Waals surface area contributed by atoms with Gasteiger partial charge in [0.1, 0.15) is 18.3 Å². The van der Waals surface area contributed by atoms with Crippen molar-refractivity contribution in [1.29, 1.82) is 0 Å². The van der Waals surface area contributed by atoms with Gasteiger partial charge in [-0.25, -0.2) is 8.42 Å². The quantitative estimate of drug-likeness (QED) is 0.334. The van der Waals surface area contributed by atoms with Crippen LogP contribution in [0, 0.1) is 0 Å². The topological polar surface area (TPSA) is 96.0 Å². The number of sulfonamides is 1. The number of nitrogens with zero attached hydrogens (tertiary/aromatic N) is 2. The minimum atomic E-state index is -4.14. The van der Waals surface area contributed by atoms with Gasteiger partial charge in [-0.05, 0) is 74.4 Å². The van der Waals surface area contributed by atoms with Crippen LogP contribution in [0.15, 0.2) is 83.8 Å². The minimum Gasteiger partial charge on any atom is -0.497 e. The number of amides is 2. The lowest BCUT2D eigenvalue weighted by molar-refractivity contribution is -0.140. The minimum absolute atomic E-state index is 0.00477. The fraction of sp³-hybridized carbons (Fsp3) is 0.310. The van der Waals surface area contributed by atoms with E-state index >= 15 is 0 Å². The summed E-state index contributed by atoms with van der Waals surface area (Å²) >= 11 is 5.98. The lowest BCUT2D eigenvalue weighted by Gasteiger charge is -2.33. The number of rotatable bonds is 12. The number of carbonyl (C=O) groups excluding carboxylic acids is 2. The third-order valence-corrected chi connectivity index (χ3v) is 8.09. The summed E-state index contributed by atoms with van der Waals surface area (Å²) in [5.41, 5.74) is 1.09. The highest BCUT2D eigenvalue weighted by Crippen LogP contribution is 2.26. The van der Waals surface area contributed by atoms with Crippen molar-refractivity contribution in [3.8, 4) is 5.75 Å². The predicted octanol–water partition coefficient (Wildman–Crippen LogP) is 4.88. The first-order valence-corrected chi connectivity index (χ1v) is 14.4. The molecule has 39 heavy (non-hydrogen) atoms. The highest BCUT2D eigenvalue weighted by molar-refractivity contribution is 7.92. The molecule has 3 aromatic carbocycles. The molecule has 0 aromatic heterocycles. The third kappa shape index (κ3) is 7.74. The molecule has 0 fully saturated rings. The number of benzene rings is 3. The average Bonchev–Trinajstić information content (AvgIpc) is 2.92. The summed E-state index contributed by atoms with van der Waals surface area (Å²) in [6.45, 7) is 5.11. The monoisotopic (exact) mass is 571 g/mol. The van der Waals surface area contributed by atoms with Crippen LogP contribution in [0.2, 0.25) is 5.02 Å². The van der Waals surface area contributed by atoms with Crippen LogP contribution in [0.4, 0.5) is 5.69 Å². The van der Waals surface area contributed by atoms with E-state index < -0.39 is 28.5 Å². The van der Waals surface area contributed by atoms with Crippen molar-refractivity contribution in [2.24, 2.45) is 0 Å². The Kier molecular flexibility index (Phi) is 10.4. The van der Waals surface area contributed by atoms with Gasteiger partial charge in [0.2, 0.25) is 11.8 Å². The molecular weight excluding hydrogens is 538 g/mol. The van der Waals surface area contributed by atoms with Gasteiger partial charge in [-0.1, -0.05) is 48.9 Å². The van der Waals surface area contributed by atoms with E-state index in [9.17, 15) is 18.0 Å². The van der Waals surface area contributed by atoms with Gasteiger partial charge in [0, 0.05) is 17.6 Å². The lowest BCUT2D eigenvalue weighted by Crippen LogP contribution is -2.53. The van der Waals surface area contributed by atoms with Crippen LogP contribution in [0.5, 0.6) is 5.75 Å². The van der Waals surface area contributed by atoms with Gasteiger partial charge >= 0.3 is 0 Å². The maximum atomic E-state index is 14.0. The number of para-hydroxylation sites is 1. The van der Waals surface area contributed by atoms with E-state index in [1.165, 1.54) is 29.2 Å². The van der Waals surface area contributed by atoms with E-state index in [2.05, 4.69) is 5.32 Å². The van der Waals surface area contributed by atoms with Crippen LogP contribution < -0.4 is 14.4 Å². The Morgan fingerprint density at radius 1 is 0.949 bits per heavy atom. The smallest absolute Gasteiger partial charge is 0.264 e. The first kappa shape index (κ1) is 30.0. The SMILES string of the molecule is CC[C@@H](C(=O)NC(C)C)N(Cc1ccc(OC)cc1)C(=O)CN(c1ccccc1)S(=O)(=O)c1ccc(Cl)cc1. The molecule has 0 aliphatic carbocycles. The molecule has 2 amide bonds. The summed E-state index contributed by atoms with van der Waals surface area (Å²) in [4.78, 5) is 28.6. The number of carbonyl (C=O) groups is 2. The molecule has 1 N–H and O–H groups in total. The molecule has 10 heteroatoms. The number of methoxy groups -OCH3 is 1. The maximum Gasteiger partial charge on any atom is 0.264 e. The molecule has 0 aliphatic rings. The molecule has 0 saturated carbocycles. The second-order valence-electron chi connectivity index (χ2n) is 9.26. The molecule has 0 saturated heterocycles. The maximum absolute atomic E-state index is 14.0. The van der Waals surface area contributed by atoms with Crippen molar-refractivity contribution in [3.63, 3.8) is 0 Å². The summed E-state index contributed by atoms with van der Waals surface area (Å²) in [6.07, 6.45) is 0.343. The first-order valence-electron chi connectivity index (χ1n) is 12.6. The van der Waals surface area contributed by atoms with E-state index in [0.29, 0.717) is 22.9 Å². The molecule has 8 nitrogen and oxygen atoms in total. The van der Waals surface area contributed by atoms with Crippen LogP contribution >= 0.6 is 11.6 Å². The molecule has 0 spiro atoms. The average molecular weight is 572 g/mol. The van der Waals surface area contributed by atoms with Gasteiger partial charge < -0.3 is 15.0 Å². The molecule has 0 aliphatic heterocycles. The molecule has 1 atom stereocenters. The highest BCUT2D eigenvalue weighted by atomic mass is 35.5. The normalized spacial score (nSPS) is 12.1. The second kappa shape index (κ2) is 13.5. The van der Waals surface area contributed by atoms with E-state index in [-0.39, 0.29) is 23.4 Å². The fourth-order valence-electron chi connectivity index (χ4n) is 4.08. The zero-order valence-corrected chi connectivity index (χ0v) is 24.1. The van der Waals surface area contributed by atoms with Crippen molar-refractivity contribution in [2.45, 2.75) is 50.7 Å². The van der Waals surface area contributed by atoms with Crippen molar-refractivity contribution < 1.29 is 22.7 Å². The van der Waals surface area contributed by atoms with Gasteiger partial charge in [0.25, 0.3) is 10.0 Å². The summed E-state index contributed by atoms with van der Waals surface area (Å²) < 4.78 is 33.8. The number of anilines is 1. The Balaban J connectivity index is 2.03. The molecule has 3 aromatic rings. The summed E-state index contributed by atoms with van der Waals surface area (Å²) in [5.74, 6) is -0.162. The molecule has 208 valence electrons. The van der Waals surface area contributed by atoms with Gasteiger partial charge in [-0.3, -0.25) is 13.9 Å². The molecular formula is C29H34ClN3O5S. The van der Waals surface area contributed by atoms with Gasteiger partial charge in [-0.15, -0.1) is 0 Å². The highest BCUT2D eigenvalue weighted by Gasteiger charge is 2.33. The Morgan fingerprint density at radius 2 is 1.56 bits per heavy atom. The largest absolute Gasteiger partial charge is 0.497 e. The van der Waals surface area contributed by atoms with E-state index in [1.807, 2.05) is 32.9 Å². The van der Waals surface area contributed by atoms with E-state index in [4.69, 9.17) is 16.3 Å². The molecule has 0 radical (unpaired) electrons. The van der Waals surface area contributed by atoms with Gasteiger partial charge in [0.15, 0.2) is 0 Å². The zero-order valence-electron chi connectivity index (χ0n) is 22.5. The summed E-state index contributed by atoms with van der Waals surface area (Å²) in [7, 11) is -2.58. The Morgan fingerprint density at radius 3 is 2.10 bits per heavy atom. The number of nitrogens with one attached hydrogen (secondary N) is 1. The fourth-order valence-corrected chi connectivity index (χ4v) is 5.62. The third-order valence-electron chi connectivity index (χ3n) is 6.05. The Bertz CT molecular complexity index is 1350. The van der Waals surface area contributed by atoms with Crippen molar-refractivity contribution >= 4 is 39.1 Å². The van der Waals surface area contributed by atoms with E-state index in [1.54, 1.807) is 49.6 Å². The zero-order chi connectivity index (χ0) is 28.6. The second-order valence-corrected chi connectivity index (χ2v) is 11.6. The first-order chi connectivity index (χ1) is 18.6. The Hall–Kier alpha value is -3.56. The number of ether oxygens (including phenoxy) is 1. The predicted molar refractivity (Wildman–Crippen MR) is 153 cm³/mol. The Labute approximate surface area is 235 Å². The van der Waals surface area contributed by atoms with Crippen LogP contribution in [0.3, 0.4) is 0 Å². The lowest BCUT2D eigenvalue weighted by atomic mass is 10.1. The van der Waals surface area contributed by atoms with Crippen LogP contribution in [-0.2, 0) is 26.2 Å². The van der Waals surface area contributed by atoms with Crippen molar-refractivity contribution in [3.05, 3.63) is 89.4 Å². The molecule has 0 bridgehead atoms. The van der Waals surface area contributed by atoms with E-state index in [0.717, 1.165) is 9.87 Å². The molecule has 0 heterocycles. The summed E-state index contributed by atoms with van der Waals surface area (Å²) in [6, 6.07) is 20.4. The van der Waals surface area contributed by atoms with Gasteiger partial charge in [-0.2, -0.15) is 0 Å².